The molecule has 0 aromatic heterocycles. The van der Waals surface area contributed by atoms with Crippen molar-refractivity contribution in [2.45, 2.75) is 46.0 Å². The highest BCUT2D eigenvalue weighted by molar-refractivity contribution is 5.83. The molecule has 0 rings (SSSR count). The van der Waals surface area contributed by atoms with Crippen LogP contribution in [0.4, 0.5) is 0 Å². The Labute approximate surface area is 69.6 Å². The van der Waals surface area contributed by atoms with Crippen LogP contribution < -0.4 is 0 Å². The van der Waals surface area contributed by atoms with E-state index < -0.39 is 0 Å². The van der Waals surface area contributed by atoms with Gasteiger partial charge < -0.3 is 4.84 Å². The van der Waals surface area contributed by atoms with Crippen LogP contribution in [0.1, 0.15) is 46.0 Å². The Kier molecular flexibility index (Phi) is 7.21. The summed E-state index contributed by atoms with van der Waals surface area (Å²) < 4.78 is 0. The van der Waals surface area contributed by atoms with E-state index in [1.54, 1.807) is 7.11 Å². The van der Waals surface area contributed by atoms with Crippen LogP contribution in [0.15, 0.2) is 5.16 Å². The molecule has 0 N–H and O–H groups in total. The summed E-state index contributed by atoms with van der Waals surface area (Å²) in [5.74, 6) is 0. The minimum Gasteiger partial charge on any atom is -0.399 e. The van der Waals surface area contributed by atoms with Crippen molar-refractivity contribution in [1.82, 2.24) is 0 Å². The molecule has 2 nitrogen and oxygen atoms in total. The Morgan fingerprint density at radius 2 is 2.00 bits per heavy atom. The summed E-state index contributed by atoms with van der Waals surface area (Å²) in [6.45, 7) is 4.32. The quantitative estimate of drug-likeness (QED) is 0.330. The van der Waals surface area contributed by atoms with E-state index in [0.717, 1.165) is 12.8 Å². The molecule has 0 aliphatic carbocycles. The normalized spacial score (nSPS) is 11.7. The number of hydrogen-bond donors (Lipinski definition) is 0. The van der Waals surface area contributed by atoms with E-state index in [2.05, 4.69) is 19.0 Å². The van der Waals surface area contributed by atoms with Gasteiger partial charge in [0.1, 0.15) is 7.11 Å². The van der Waals surface area contributed by atoms with Crippen molar-refractivity contribution in [2.24, 2.45) is 5.16 Å². The monoisotopic (exact) mass is 157 g/mol. The molecule has 0 spiro atoms. The highest BCUT2D eigenvalue weighted by Crippen LogP contribution is 2.03. The maximum absolute atomic E-state index is 4.71. The zero-order chi connectivity index (χ0) is 8.53. The second-order valence-corrected chi connectivity index (χ2v) is 2.65. The zero-order valence-corrected chi connectivity index (χ0v) is 7.89. The summed E-state index contributed by atoms with van der Waals surface area (Å²) in [5, 5.41) is 3.93. The van der Waals surface area contributed by atoms with Gasteiger partial charge in [0.05, 0.1) is 5.71 Å². The maximum Gasteiger partial charge on any atom is 0.106 e. The van der Waals surface area contributed by atoms with Crippen molar-refractivity contribution in [1.29, 1.82) is 0 Å². The number of oxime groups is 1. The van der Waals surface area contributed by atoms with Crippen LogP contribution in [0.5, 0.6) is 0 Å². The van der Waals surface area contributed by atoms with Gasteiger partial charge in [0.2, 0.25) is 0 Å². The van der Waals surface area contributed by atoms with Crippen molar-refractivity contribution < 1.29 is 4.84 Å². The second-order valence-electron chi connectivity index (χ2n) is 2.65. The summed E-state index contributed by atoms with van der Waals surface area (Å²) in [6.07, 6.45) is 5.91. The molecule has 0 aliphatic heterocycles. The highest BCUT2D eigenvalue weighted by atomic mass is 16.6. The first-order chi connectivity index (χ1) is 5.35. The smallest absolute Gasteiger partial charge is 0.106 e. The van der Waals surface area contributed by atoms with E-state index in [0.29, 0.717) is 0 Å². The van der Waals surface area contributed by atoms with Crippen LogP contribution in [0.25, 0.3) is 0 Å². The minimum absolute atomic E-state index is 1.01. The van der Waals surface area contributed by atoms with E-state index in [1.807, 2.05) is 0 Å². The predicted octanol–water partition coefficient (Wildman–Crippen LogP) is 2.98. The van der Waals surface area contributed by atoms with Gasteiger partial charge in [0.25, 0.3) is 0 Å². The lowest BCUT2D eigenvalue weighted by molar-refractivity contribution is 0.211. The number of hydrogen-bond acceptors (Lipinski definition) is 2. The van der Waals surface area contributed by atoms with Crippen LogP contribution in [0.3, 0.4) is 0 Å². The maximum atomic E-state index is 4.71. The summed E-state index contributed by atoms with van der Waals surface area (Å²) in [5.41, 5.74) is 1.18. The van der Waals surface area contributed by atoms with E-state index >= 15 is 0 Å². The van der Waals surface area contributed by atoms with Gasteiger partial charge in [-0.25, -0.2) is 0 Å². The van der Waals surface area contributed by atoms with Crippen LogP contribution >= 0.6 is 0 Å². The molecule has 11 heavy (non-hydrogen) atoms. The first-order valence-corrected chi connectivity index (χ1v) is 4.44. The first-order valence-electron chi connectivity index (χ1n) is 4.44. The lowest BCUT2D eigenvalue weighted by Crippen LogP contribution is -1.96. The fourth-order valence-corrected chi connectivity index (χ4v) is 0.995. The van der Waals surface area contributed by atoms with Crippen molar-refractivity contribution >= 4 is 5.71 Å². The molecule has 0 saturated carbocycles. The van der Waals surface area contributed by atoms with E-state index in [1.165, 1.54) is 25.0 Å². The van der Waals surface area contributed by atoms with Gasteiger partial charge in [-0.15, -0.1) is 0 Å². The van der Waals surface area contributed by atoms with E-state index in [-0.39, 0.29) is 0 Å². The van der Waals surface area contributed by atoms with Crippen molar-refractivity contribution in [3.05, 3.63) is 0 Å². The summed E-state index contributed by atoms with van der Waals surface area (Å²) >= 11 is 0. The molecule has 0 saturated heterocycles. The third-order valence-electron chi connectivity index (χ3n) is 1.70. The van der Waals surface area contributed by atoms with Crippen molar-refractivity contribution in [3.63, 3.8) is 0 Å². The molecule has 0 radical (unpaired) electrons. The molecular formula is C9H19NO. The van der Waals surface area contributed by atoms with Crippen LogP contribution in [0.2, 0.25) is 0 Å². The van der Waals surface area contributed by atoms with Gasteiger partial charge in [0.15, 0.2) is 0 Å². The van der Waals surface area contributed by atoms with Gasteiger partial charge in [-0.3, -0.25) is 0 Å². The molecule has 0 aliphatic rings. The minimum atomic E-state index is 1.01. The molecule has 0 unspecified atom stereocenters. The average Bonchev–Trinajstić information content (AvgIpc) is 2.03. The average molecular weight is 157 g/mol. The number of nitrogens with zero attached hydrogens (tertiary/aromatic N) is 1. The summed E-state index contributed by atoms with van der Waals surface area (Å²) in [7, 11) is 1.61. The molecule has 0 aromatic carbocycles. The first kappa shape index (κ1) is 10.5. The third-order valence-corrected chi connectivity index (χ3v) is 1.70. The molecule has 0 amide bonds. The number of rotatable bonds is 6. The molecule has 0 fully saturated rings. The summed E-state index contributed by atoms with van der Waals surface area (Å²) in [6, 6.07) is 0. The van der Waals surface area contributed by atoms with Gasteiger partial charge in [-0.1, -0.05) is 31.8 Å². The van der Waals surface area contributed by atoms with Crippen molar-refractivity contribution in [3.8, 4) is 0 Å². The molecule has 2 heteroatoms. The lowest BCUT2D eigenvalue weighted by Gasteiger charge is -2.00. The molecule has 0 atom stereocenters. The van der Waals surface area contributed by atoms with Gasteiger partial charge in [0, 0.05) is 0 Å². The Morgan fingerprint density at radius 3 is 2.45 bits per heavy atom. The molecular weight excluding hydrogens is 138 g/mol. The molecule has 0 heterocycles. The SMILES string of the molecule is CCCCC/C(CC)=N/OC. The Balaban J connectivity index is 3.44. The fourth-order valence-electron chi connectivity index (χ4n) is 0.995. The van der Waals surface area contributed by atoms with Crippen LogP contribution in [0, 0.1) is 0 Å². The van der Waals surface area contributed by atoms with Gasteiger partial charge in [-0.2, -0.15) is 0 Å². The second kappa shape index (κ2) is 7.58. The molecule has 66 valence electrons. The van der Waals surface area contributed by atoms with Gasteiger partial charge in [-0.05, 0) is 19.3 Å². The van der Waals surface area contributed by atoms with E-state index in [4.69, 9.17) is 4.84 Å². The standard InChI is InChI=1S/C9H19NO/c1-4-6-7-8-9(5-2)10-11-3/h4-8H2,1-3H3/b10-9+. The Hall–Kier alpha value is -0.530. The fraction of sp³-hybridized carbons (Fsp3) is 0.889. The van der Waals surface area contributed by atoms with E-state index in [9.17, 15) is 0 Å². The zero-order valence-electron chi connectivity index (χ0n) is 7.89. The topological polar surface area (TPSA) is 21.6 Å². The predicted molar refractivity (Wildman–Crippen MR) is 48.9 cm³/mol. The lowest BCUT2D eigenvalue weighted by atomic mass is 10.1. The number of unbranched alkanes of at least 4 members (excludes halogenated alkanes) is 2. The van der Waals surface area contributed by atoms with Crippen LogP contribution in [-0.4, -0.2) is 12.8 Å². The van der Waals surface area contributed by atoms with Crippen molar-refractivity contribution in [2.75, 3.05) is 7.11 Å². The molecule has 0 bridgehead atoms. The summed E-state index contributed by atoms with van der Waals surface area (Å²) in [4.78, 5) is 4.71. The third kappa shape index (κ3) is 5.89. The molecule has 0 aromatic rings. The Morgan fingerprint density at radius 1 is 1.27 bits per heavy atom. The highest BCUT2D eigenvalue weighted by Gasteiger charge is 1.95. The van der Waals surface area contributed by atoms with Crippen LogP contribution in [-0.2, 0) is 4.84 Å². The van der Waals surface area contributed by atoms with Gasteiger partial charge >= 0.3 is 0 Å². The Bertz CT molecular complexity index is 110. The largest absolute Gasteiger partial charge is 0.399 e.